The van der Waals surface area contributed by atoms with Crippen molar-refractivity contribution in [2.75, 3.05) is 42.9 Å². The van der Waals surface area contributed by atoms with Gasteiger partial charge < -0.3 is 15.2 Å². The fourth-order valence-corrected chi connectivity index (χ4v) is 5.99. The first-order chi connectivity index (χ1) is 17.0. The Kier molecular flexibility index (Phi) is 8.25. The Morgan fingerprint density at radius 2 is 1.89 bits per heavy atom. The van der Waals surface area contributed by atoms with E-state index >= 15 is 0 Å². The Balaban J connectivity index is 1.35. The summed E-state index contributed by atoms with van der Waals surface area (Å²) in [6.07, 6.45) is 4.53. The molecule has 12 heteroatoms. The molecule has 2 fully saturated rings. The minimum Gasteiger partial charge on any atom is -0.386 e. The van der Waals surface area contributed by atoms with Gasteiger partial charge in [-0.3, -0.25) is 9.52 Å². The molecule has 10 nitrogen and oxygen atoms in total. The van der Waals surface area contributed by atoms with Crippen molar-refractivity contribution in [1.29, 1.82) is 0 Å². The summed E-state index contributed by atoms with van der Waals surface area (Å²) in [5.41, 5.74) is 0.216. The second-order valence-corrected chi connectivity index (χ2v) is 12.0. The van der Waals surface area contributed by atoms with Crippen LogP contribution < -0.4 is 15.6 Å². The summed E-state index contributed by atoms with van der Waals surface area (Å²) in [6.45, 7) is 5.97. The average molecular weight is 540 g/mol. The van der Waals surface area contributed by atoms with E-state index in [0.29, 0.717) is 48.8 Å². The average Bonchev–Trinajstić information content (AvgIpc) is 2.85. The smallest absolute Gasteiger partial charge is 0.301 e. The molecular weight excluding hydrogens is 506 g/mol. The Labute approximate surface area is 216 Å². The van der Waals surface area contributed by atoms with E-state index < -0.39 is 15.8 Å². The molecule has 2 aromatic rings. The summed E-state index contributed by atoms with van der Waals surface area (Å²) in [7, 11) is -3.77. The number of piperidine rings is 1. The van der Waals surface area contributed by atoms with Gasteiger partial charge in [-0.25, -0.2) is 4.68 Å². The number of benzene rings is 1. The number of halogens is 1. The van der Waals surface area contributed by atoms with Crippen LogP contribution in [-0.2, 0) is 20.5 Å². The van der Waals surface area contributed by atoms with E-state index in [4.69, 9.17) is 16.3 Å². The summed E-state index contributed by atoms with van der Waals surface area (Å²) < 4.78 is 36.6. The number of aliphatic hydroxyl groups is 1. The third kappa shape index (κ3) is 6.38. The first kappa shape index (κ1) is 26.9. The predicted molar refractivity (Wildman–Crippen MR) is 140 cm³/mol. The molecule has 0 spiro atoms. The van der Waals surface area contributed by atoms with Gasteiger partial charge in [0.25, 0.3) is 5.56 Å². The molecule has 2 aliphatic heterocycles. The van der Waals surface area contributed by atoms with Crippen molar-refractivity contribution in [2.45, 2.75) is 51.2 Å². The Morgan fingerprint density at radius 3 is 2.50 bits per heavy atom. The molecule has 0 bridgehead atoms. The van der Waals surface area contributed by atoms with Gasteiger partial charge in [0.05, 0.1) is 30.1 Å². The molecule has 4 rings (SSSR count). The number of ether oxygens (including phenoxy) is 1. The van der Waals surface area contributed by atoms with Gasteiger partial charge in [0.15, 0.2) is 0 Å². The van der Waals surface area contributed by atoms with E-state index in [0.717, 1.165) is 19.4 Å². The molecule has 1 aromatic carbocycles. The molecule has 3 N–H and O–H groups in total. The molecule has 1 aromatic heterocycles. The highest BCUT2D eigenvalue weighted by molar-refractivity contribution is 7.90. The normalized spacial score (nSPS) is 20.3. The fraction of sp³-hybridized carbons (Fsp3) is 0.583. The van der Waals surface area contributed by atoms with Gasteiger partial charge in [0.2, 0.25) is 0 Å². The van der Waals surface area contributed by atoms with Crippen LogP contribution in [0.1, 0.15) is 51.1 Å². The predicted octanol–water partition coefficient (Wildman–Crippen LogP) is 2.96. The van der Waals surface area contributed by atoms with Gasteiger partial charge in [0, 0.05) is 31.9 Å². The van der Waals surface area contributed by atoms with Crippen LogP contribution in [0.5, 0.6) is 0 Å². The molecule has 2 saturated heterocycles. The van der Waals surface area contributed by atoms with Gasteiger partial charge in [-0.2, -0.15) is 17.8 Å². The molecule has 3 heterocycles. The minimum absolute atomic E-state index is 0.0907. The van der Waals surface area contributed by atoms with Crippen LogP contribution in [-0.4, -0.2) is 60.5 Å². The highest BCUT2D eigenvalue weighted by Crippen LogP contribution is 2.26. The van der Waals surface area contributed by atoms with Crippen molar-refractivity contribution in [1.82, 2.24) is 14.1 Å². The zero-order chi connectivity index (χ0) is 25.9. The summed E-state index contributed by atoms with van der Waals surface area (Å²) in [5, 5.41) is 17.7. The maximum atomic E-state index is 12.9. The highest BCUT2D eigenvalue weighted by atomic mass is 35.5. The lowest BCUT2D eigenvalue weighted by molar-refractivity contribution is 0.0595. The monoisotopic (exact) mass is 539 g/mol. The number of anilines is 2. The molecule has 36 heavy (non-hydrogen) atoms. The van der Waals surface area contributed by atoms with E-state index in [2.05, 4.69) is 15.1 Å². The standard InChI is InChI=1S/C24H34ClN5O5S/c1-24(2,32)18-5-7-19(8-6-18)28-36(33,34)29-11-9-20(10-12-29)30-23(31)22(25)21(15-27-30)26-14-17-4-3-13-35-16-17/h5-8,15,17,20,26,28,32H,3-4,9-14,16H2,1-2H3/t17-/m1/s1. The van der Waals surface area contributed by atoms with Crippen LogP contribution >= 0.6 is 11.6 Å². The summed E-state index contributed by atoms with van der Waals surface area (Å²) in [4.78, 5) is 12.9. The molecule has 198 valence electrons. The lowest BCUT2D eigenvalue weighted by atomic mass is 9.98. The van der Waals surface area contributed by atoms with Crippen molar-refractivity contribution < 1.29 is 18.3 Å². The van der Waals surface area contributed by atoms with E-state index in [1.165, 1.54) is 8.99 Å². The van der Waals surface area contributed by atoms with E-state index in [1.54, 1.807) is 44.3 Å². The molecular formula is C24H34ClN5O5S. The highest BCUT2D eigenvalue weighted by Gasteiger charge is 2.30. The topological polar surface area (TPSA) is 126 Å². The van der Waals surface area contributed by atoms with Gasteiger partial charge in [-0.15, -0.1) is 0 Å². The van der Waals surface area contributed by atoms with Crippen molar-refractivity contribution in [3.8, 4) is 0 Å². The second kappa shape index (κ2) is 11.1. The van der Waals surface area contributed by atoms with E-state index in [-0.39, 0.29) is 29.7 Å². The van der Waals surface area contributed by atoms with Gasteiger partial charge in [-0.1, -0.05) is 23.7 Å². The molecule has 0 aliphatic carbocycles. The van der Waals surface area contributed by atoms with E-state index in [9.17, 15) is 18.3 Å². The minimum atomic E-state index is -3.77. The maximum Gasteiger partial charge on any atom is 0.301 e. The van der Waals surface area contributed by atoms with Crippen LogP contribution in [0.15, 0.2) is 35.3 Å². The number of hydrogen-bond donors (Lipinski definition) is 3. The lowest BCUT2D eigenvalue weighted by Crippen LogP contribution is -2.43. The molecule has 1 atom stereocenters. The molecule has 0 amide bonds. The lowest BCUT2D eigenvalue weighted by Gasteiger charge is -2.31. The van der Waals surface area contributed by atoms with Crippen LogP contribution in [0.2, 0.25) is 5.02 Å². The zero-order valence-corrected chi connectivity index (χ0v) is 22.2. The number of nitrogens with one attached hydrogen (secondary N) is 2. The van der Waals surface area contributed by atoms with Crippen LogP contribution in [0, 0.1) is 5.92 Å². The van der Waals surface area contributed by atoms with Crippen molar-refractivity contribution in [3.63, 3.8) is 0 Å². The largest absolute Gasteiger partial charge is 0.386 e. The van der Waals surface area contributed by atoms with Gasteiger partial charge in [0.1, 0.15) is 5.02 Å². The van der Waals surface area contributed by atoms with Crippen molar-refractivity contribution in [2.24, 2.45) is 5.92 Å². The second-order valence-electron chi connectivity index (χ2n) is 9.96. The van der Waals surface area contributed by atoms with Crippen molar-refractivity contribution in [3.05, 3.63) is 51.4 Å². The Morgan fingerprint density at radius 1 is 1.19 bits per heavy atom. The van der Waals surface area contributed by atoms with Crippen molar-refractivity contribution >= 4 is 33.2 Å². The number of rotatable bonds is 8. The van der Waals surface area contributed by atoms with Crippen LogP contribution in [0.3, 0.4) is 0 Å². The molecule has 0 saturated carbocycles. The SMILES string of the molecule is CC(C)(O)c1ccc(NS(=O)(=O)N2CCC(n3ncc(NC[C@H]4CCCOC4)c(Cl)c3=O)CC2)cc1. The quantitative estimate of drug-likeness (QED) is 0.471. The summed E-state index contributed by atoms with van der Waals surface area (Å²) in [6, 6.07) is 6.38. The molecule has 2 aliphatic rings. The summed E-state index contributed by atoms with van der Waals surface area (Å²) in [5.74, 6) is 0.372. The maximum absolute atomic E-state index is 12.9. The Hall–Kier alpha value is -2.18. The van der Waals surface area contributed by atoms with E-state index in [1.807, 2.05) is 0 Å². The number of aromatic nitrogens is 2. The first-order valence-electron chi connectivity index (χ1n) is 12.2. The van der Waals surface area contributed by atoms with Gasteiger partial charge >= 0.3 is 10.2 Å². The first-order valence-corrected chi connectivity index (χ1v) is 14.1. The Bertz CT molecular complexity index is 1200. The molecule has 0 unspecified atom stereocenters. The fourth-order valence-electron chi connectivity index (χ4n) is 4.54. The summed E-state index contributed by atoms with van der Waals surface area (Å²) >= 11 is 6.37. The van der Waals surface area contributed by atoms with Crippen LogP contribution in [0.4, 0.5) is 11.4 Å². The van der Waals surface area contributed by atoms with Crippen LogP contribution in [0.25, 0.3) is 0 Å². The third-order valence-corrected chi connectivity index (χ3v) is 8.63. The molecule has 0 radical (unpaired) electrons. The zero-order valence-electron chi connectivity index (χ0n) is 20.6. The third-order valence-electron chi connectivity index (χ3n) is 6.73. The van der Waals surface area contributed by atoms with Gasteiger partial charge in [-0.05, 0) is 63.1 Å². The number of nitrogens with zero attached hydrogens (tertiary/aromatic N) is 3. The number of hydrogen-bond acceptors (Lipinski definition) is 7.